The van der Waals surface area contributed by atoms with Gasteiger partial charge in [-0.3, -0.25) is 14.4 Å². The van der Waals surface area contributed by atoms with Gasteiger partial charge in [-0.25, -0.2) is 0 Å². The van der Waals surface area contributed by atoms with E-state index in [1.54, 1.807) is 30.3 Å². The van der Waals surface area contributed by atoms with Gasteiger partial charge in [0.2, 0.25) is 0 Å². The second kappa shape index (κ2) is 9.15. The van der Waals surface area contributed by atoms with Crippen LogP contribution in [0.15, 0.2) is 30.3 Å². The van der Waals surface area contributed by atoms with Gasteiger partial charge < -0.3 is 15.4 Å². The van der Waals surface area contributed by atoms with Crippen LogP contribution < -0.4 is 10.6 Å². The Morgan fingerprint density at radius 1 is 1.14 bits per heavy atom. The highest BCUT2D eigenvalue weighted by Crippen LogP contribution is 2.37. The average molecular weight is 397 g/mol. The molecule has 1 aromatic heterocycles. The molecule has 8 heteroatoms. The summed E-state index contributed by atoms with van der Waals surface area (Å²) in [7, 11) is 0. The molecule has 3 rings (SSSR count). The molecule has 0 spiro atoms. The van der Waals surface area contributed by atoms with E-state index >= 15 is 0 Å². The summed E-state index contributed by atoms with van der Waals surface area (Å²) >= 11 is 1.41. The summed E-state index contributed by atoms with van der Waals surface area (Å²) in [6, 6.07) is 10.6. The molecule has 2 N–H and O–H groups in total. The van der Waals surface area contributed by atoms with Gasteiger partial charge in [-0.05, 0) is 43.4 Å². The number of ether oxygens (including phenoxy) is 1. The molecule has 2 amide bonds. The molecule has 28 heavy (non-hydrogen) atoms. The highest BCUT2D eigenvalue weighted by Gasteiger charge is 2.22. The second-order valence-electron chi connectivity index (χ2n) is 6.28. The Labute approximate surface area is 166 Å². The normalized spacial score (nSPS) is 12.4. The van der Waals surface area contributed by atoms with Gasteiger partial charge in [0.1, 0.15) is 17.6 Å². The number of nitrogens with one attached hydrogen (secondary N) is 2. The monoisotopic (exact) mass is 397 g/mol. The number of fused-ring (bicyclic) bond motifs is 1. The van der Waals surface area contributed by atoms with E-state index in [4.69, 9.17) is 4.74 Å². The lowest BCUT2D eigenvalue weighted by molar-refractivity contribution is -0.146. The van der Waals surface area contributed by atoms with Crippen LogP contribution in [0.4, 0.5) is 5.00 Å². The molecule has 1 aliphatic carbocycles. The predicted octanol–water partition coefficient (Wildman–Crippen LogP) is 2.41. The van der Waals surface area contributed by atoms with Crippen LogP contribution in [0, 0.1) is 11.3 Å². The van der Waals surface area contributed by atoms with Crippen molar-refractivity contribution in [2.45, 2.75) is 25.7 Å². The van der Waals surface area contributed by atoms with Crippen LogP contribution in [-0.2, 0) is 27.2 Å². The van der Waals surface area contributed by atoms with Crippen molar-refractivity contribution in [1.29, 1.82) is 5.26 Å². The summed E-state index contributed by atoms with van der Waals surface area (Å²) in [5, 5.41) is 15.0. The van der Waals surface area contributed by atoms with Crippen LogP contribution in [0.25, 0.3) is 0 Å². The third kappa shape index (κ3) is 4.75. The van der Waals surface area contributed by atoms with Crippen LogP contribution in [0.3, 0.4) is 0 Å². The first-order chi connectivity index (χ1) is 13.6. The van der Waals surface area contributed by atoms with Crippen LogP contribution in [-0.4, -0.2) is 30.9 Å². The Morgan fingerprint density at radius 2 is 1.89 bits per heavy atom. The molecular weight excluding hydrogens is 378 g/mol. The molecule has 1 heterocycles. The summed E-state index contributed by atoms with van der Waals surface area (Å²) in [6.45, 7) is -0.814. The third-order valence-electron chi connectivity index (χ3n) is 4.33. The number of carbonyl (C=O) groups is 3. The molecule has 2 aromatic rings. The molecule has 0 atom stereocenters. The fourth-order valence-corrected chi connectivity index (χ4v) is 4.23. The number of anilines is 1. The lowest BCUT2D eigenvalue weighted by Crippen LogP contribution is -2.32. The first-order valence-corrected chi connectivity index (χ1v) is 9.73. The van der Waals surface area contributed by atoms with E-state index < -0.39 is 24.4 Å². The maximum absolute atomic E-state index is 12.1. The van der Waals surface area contributed by atoms with Crippen molar-refractivity contribution in [3.63, 3.8) is 0 Å². The minimum absolute atomic E-state index is 0.336. The lowest BCUT2D eigenvalue weighted by Gasteiger charge is -2.09. The van der Waals surface area contributed by atoms with Gasteiger partial charge in [0.05, 0.1) is 5.56 Å². The standard InChI is InChI=1S/C20H19N3O4S/c21-10-15-14-8-4-5-9-16(14)28-20(15)23-17(24)12-27-18(25)11-22-19(26)13-6-2-1-3-7-13/h1-3,6-7H,4-5,8-9,11-12H2,(H,22,26)(H,23,24). The van der Waals surface area contributed by atoms with Crippen LogP contribution in [0.5, 0.6) is 0 Å². The summed E-state index contributed by atoms with van der Waals surface area (Å²) in [5.41, 5.74) is 1.96. The molecule has 7 nitrogen and oxygen atoms in total. The molecule has 0 saturated heterocycles. The number of hydrogen-bond donors (Lipinski definition) is 2. The molecular formula is C20H19N3O4S. The number of nitrogens with zero attached hydrogens (tertiary/aromatic N) is 1. The number of amides is 2. The molecule has 0 fully saturated rings. The molecule has 0 saturated carbocycles. The molecule has 144 valence electrons. The van der Waals surface area contributed by atoms with Crippen LogP contribution in [0.2, 0.25) is 0 Å². The van der Waals surface area contributed by atoms with Crippen molar-refractivity contribution < 1.29 is 19.1 Å². The molecule has 0 bridgehead atoms. The van der Waals surface area contributed by atoms with Gasteiger partial charge in [-0.1, -0.05) is 18.2 Å². The first-order valence-electron chi connectivity index (χ1n) is 8.92. The van der Waals surface area contributed by atoms with Crippen molar-refractivity contribution >= 4 is 34.1 Å². The summed E-state index contributed by atoms with van der Waals surface area (Å²) in [5.74, 6) is -1.63. The fourth-order valence-electron chi connectivity index (χ4n) is 2.98. The Balaban J connectivity index is 1.47. The zero-order chi connectivity index (χ0) is 19.9. The van der Waals surface area contributed by atoms with E-state index in [-0.39, 0.29) is 6.54 Å². The third-order valence-corrected chi connectivity index (χ3v) is 5.54. The summed E-state index contributed by atoms with van der Waals surface area (Å²) in [4.78, 5) is 36.8. The Morgan fingerprint density at radius 3 is 2.64 bits per heavy atom. The largest absolute Gasteiger partial charge is 0.454 e. The molecule has 0 unspecified atom stereocenters. The maximum Gasteiger partial charge on any atom is 0.325 e. The summed E-state index contributed by atoms with van der Waals surface area (Å²) < 4.78 is 4.89. The SMILES string of the molecule is N#Cc1c(NC(=O)COC(=O)CNC(=O)c2ccccc2)sc2c1CCCC2. The molecule has 0 aliphatic heterocycles. The van der Waals surface area contributed by atoms with Gasteiger partial charge in [-0.15, -0.1) is 11.3 Å². The quantitative estimate of drug-likeness (QED) is 0.728. The highest BCUT2D eigenvalue weighted by molar-refractivity contribution is 7.16. The topological polar surface area (TPSA) is 108 Å². The van der Waals surface area contributed by atoms with Gasteiger partial charge in [0, 0.05) is 10.4 Å². The van der Waals surface area contributed by atoms with Crippen molar-refractivity contribution in [1.82, 2.24) is 5.32 Å². The van der Waals surface area contributed by atoms with E-state index in [1.165, 1.54) is 11.3 Å². The van der Waals surface area contributed by atoms with E-state index in [0.29, 0.717) is 16.1 Å². The Hall–Kier alpha value is -3.18. The molecule has 1 aliphatic rings. The minimum Gasteiger partial charge on any atom is -0.454 e. The summed E-state index contributed by atoms with van der Waals surface area (Å²) in [6.07, 6.45) is 3.89. The zero-order valence-electron chi connectivity index (χ0n) is 15.1. The first kappa shape index (κ1) is 19.6. The number of rotatable bonds is 6. The van der Waals surface area contributed by atoms with E-state index in [0.717, 1.165) is 36.1 Å². The van der Waals surface area contributed by atoms with Gasteiger partial charge >= 0.3 is 5.97 Å². The van der Waals surface area contributed by atoms with Crippen molar-refractivity contribution in [3.05, 3.63) is 51.9 Å². The Bertz CT molecular complexity index is 931. The van der Waals surface area contributed by atoms with Gasteiger partial charge in [0.25, 0.3) is 11.8 Å². The van der Waals surface area contributed by atoms with Crippen molar-refractivity contribution in [2.24, 2.45) is 0 Å². The smallest absolute Gasteiger partial charge is 0.325 e. The number of carbonyl (C=O) groups excluding carboxylic acids is 3. The van der Waals surface area contributed by atoms with E-state index in [9.17, 15) is 19.6 Å². The number of nitriles is 1. The fraction of sp³-hybridized carbons (Fsp3) is 0.300. The number of hydrogen-bond acceptors (Lipinski definition) is 6. The number of esters is 1. The maximum atomic E-state index is 12.1. The van der Waals surface area contributed by atoms with Crippen molar-refractivity contribution in [2.75, 3.05) is 18.5 Å². The van der Waals surface area contributed by atoms with Gasteiger partial charge in [-0.2, -0.15) is 5.26 Å². The number of aryl methyl sites for hydroxylation is 1. The van der Waals surface area contributed by atoms with Crippen LogP contribution in [0.1, 0.15) is 39.2 Å². The zero-order valence-corrected chi connectivity index (χ0v) is 15.9. The molecule has 1 aromatic carbocycles. The van der Waals surface area contributed by atoms with Crippen molar-refractivity contribution in [3.8, 4) is 6.07 Å². The molecule has 0 radical (unpaired) electrons. The Kier molecular flexibility index (Phi) is 6.40. The minimum atomic E-state index is -0.717. The predicted molar refractivity (Wildman–Crippen MR) is 104 cm³/mol. The van der Waals surface area contributed by atoms with E-state index in [2.05, 4.69) is 16.7 Å². The van der Waals surface area contributed by atoms with Gasteiger partial charge in [0.15, 0.2) is 6.61 Å². The van der Waals surface area contributed by atoms with Crippen LogP contribution >= 0.6 is 11.3 Å². The average Bonchev–Trinajstić information content (AvgIpc) is 3.07. The highest BCUT2D eigenvalue weighted by atomic mass is 32.1. The lowest BCUT2D eigenvalue weighted by atomic mass is 9.96. The number of benzene rings is 1. The van der Waals surface area contributed by atoms with E-state index in [1.807, 2.05) is 0 Å². The number of thiophene rings is 1. The second-order valence-corrected chi connectivity index (χ2v) is 7.39.